The summed E-state index contributed by atoms with van der Waals surface area (Å²) in [7, 11) is 5.38. The molecule has 0 saturated heterocycles. The van der Waals surface area contributed by atoms with Crippen LogP contribution in [0.2, 0.25) is 0 Å². The van der Waals surface area contributed by atoms with Crippen molar-refractivity contribution < 1.29 is 38.2 Å². The van der Waals surface area contributed by atoms with E-state index in [4.69, 9.17) is 14.2 Å². The number of rotatable bonds is 32. The van der Waals surface area contributed by atoms with E-state index in [0.29, 0.717) is 12.8 Å². The molecule has 2 unspecified atom stereocenters. The fourth-order valence-electron chi connectivity index (χ4n) is 5.34. The van der Waals surface area contributed by atoms with Crippen molar-refractivity contribution in [1.29, 1.82) is 0 Å². The van der Waals surface area contributed by atoms with E-state index < -0.39 is 18.1 Å². The third-order valence-electron chi connectivity index (χ3n) is 8.24. The van der Waals surface area contributed by atoms with Gasteiger partial charge in [0.25, 0.3) is 0 Å². The highest BCUT2D eigenvalue weighted by Crippen LogP contribution is 2.15. The minimum Gasteiger partial charge on any atom is -0.544 e. The van der Waals surface area contributed by atoms with Gasteiger partial charge in [-0.2, -0.15) is 0 Å². The normalized spacial score (nSPS) is 13.0. The molecule has 0 aromatic carbocycles. The quantitative estimate of drug-likeness (QED) is 0.0438. The average molecular weight is 628 g/mol. The van der Waals surface area contributed by atoms with Gasteiger partial charge in [-0.25, -0.2) is 0 Å². The van der Waals surface area contributed by atoms with E-state index >= 15 is 0 Å². The molecule has 8 nitrogen and oxygen atoms in total. The highest BCUT2D eigenvalue weighted by molar-refractivity contribution is 5.70. The molecule has 0 N–H and O–H groups in total. The summed E-state index contributed by atoms with van der Waals surface area (Å²) in [6.45, 7) is 4.43. The predicted molar refractivity (Wildman–Crippen MR) is 176 cm³/mol. The Bertz CT molecular complexity index is 707. The van der Waals surface area contributed by atoms with Crippen LogP contribution in [-0.4, -0.2) is 75.5 Å². The van der Waals surface area contributed by atoms with Gasteiger partial charge in [-0.05, 0) is 12.8 Å². The summed E-state index contributed by atoms with van der Waals surface area (Å²) in [6, 6.07) is -0.715. The van der Waals surface area contributed by atoms with Crippen molar-refractivity contribution in [3.63, 3.8) is 0 Å². The fraction of sp³-hybridized carbons (Fsp3) is 0.917. The Kier molecular flexibility index (Phi) is 27.7. The molecule has 0 bridgehead atoms. The van der Waals surface area contributed by atoms with Crippen molar-refractivity contribution in [1.82, 2.24) is 0 Å². The Labute approximate surface area is 270 Å². The van der Waals surface area contributed by atoms with E-state index in [1.807, 2.05) is 6.92 Å². The molecule has 2 atom stereocenters. The van der Waals surface area contributed by atoms with Gasteiger partial charge in [0, 0.05) is 19.3 Å². The number of unbranched alkanes of at least 4 members (excludes halogenated alkanes) is 18. The topological polar surface area (TPSA) is 102 Å². The molecule has 0 fully saturated rings. The van der Waals surface area contributed by atoms with Gasteiger partial charge < -0.3 is 28.6 Å². The van der Waals surface area contributed by atoms with Crippen LogP contribution in [-0.2, 0) is 28.6 Å². The molecule has 8 heteroatoms. The lowest BCUT2D eigenvalue weighted by molar-refractivity contribution is -0.889. The largest absolute Gasteiger partial charge is 0.544 e. The highest BCUT2D eigenvalue weighted by Gasteiger charge is 2.25. The number of carboxylic acid groups (broad SMARTS) is 1. The summed E-state index contributed by atoms with van der Waals surface area (Å²) in [5.74, 6) is -1.77. The summed E-state index contributed by atoms with van der Waals surface area (Å²) in [6.07, 6.45) is 25.1. The maximum Gasteiger partial charge on any atom is 0.306 e. The van der Waals surface area contributed by atoms with E-state index in [1.54, 1.807) is 21.1 Å². The van der Waals surface area contributed by atoms with Crippen LogP contribution in [0, 0.1) is 0 Å². The lowest BCUT2D eigenvalue weighted by Crippen LogP contribution is -2.55. The lowest BCUT2D eigenvalue weighted by atomic mass is 10.0. The first-order valence-corrected chi connectivity index (χ1v) is 18.1. The van der Waals surface area contributed by atoms with Gasteiger partial charge in [-0.15, -0.1) is 0 Å². The molecule has 0 spiro atoms. The minimum atomic E-state index is -1.13. The Morgan fingerprint density at radius 1 is 0.591 bits per heavy atom. The Morgan fingerprint density at radius 3 is 1.45 bits per heavy atom. The number of hydrogen-bond acceptors (Lipinski definition) is 7. The summed E-state index contributed by atoms with van der Waals surface area (Å²) in [5.41, 5.74) is 0. The van der Waals surface area contributed by atoms with Crippen LogP contribution in [0.3, 0.4) is 0 Å². The number of ether oxygens (including phenoxy) is 3. The first-order valence-electron chi connectivity index (χ1n) is 18.1. The zero-order valence-corrected chi connectivity index (χ0v) is 29.3. The second-order valence-electron chi connectivity index (χ2n) is 13.5. The maximum atomic E-state index is 12.5. The Hall–Kier alpha value is -1.67. The molecule has 0 radical (unpaired) electrons. The van der Waals surface area contributed by atoms with Crippen LogP contribution in [0.4, 0.5) is 0 Å². The molecule has 0 heterocycles. The van der Waals surface area contributed by atoms with Gasteiger partial charge in [0.2, 0.25) is 0 Å². The summed E-state index contributed by atoms with van der Waals surface area (Å²) in [5, 5.41) is 11.5. The van der Waals surface area contributed by atoms with Crippen LogP contribution in [0.25, 0.3) is 0 Å². The van der Waals surface area contributed by atoms with Crippen molar-refractivity contribution in [3.8, 4) is 0 Å². The molecule has 0 rings (SSSR count). The van der Waals surface area contributed by atoms with Gasteiger partial charge in [-0.3, -0.25) is 9.59 Å². The van der Waals surface area contributed by atoms with Gasteiger partial charge in [0.1, 0.15) is 12.6 Å². The second kappa shape index (κ2) is 28.8. The molecular weight excluding hydrogens is 558 g/mol. The molecule has 0 aliphatic heterocycles. The van der Waals surface area contributed by atoms with Crippen molar-refractivity contribution in [2.45, 2.75) is 174 Å². The van der Waals surface area contributed by atoms with Crippen LogP contribution in [0.5, 0.6) is 0 Å². The molecule has 0 aromatic heterocycles. The van der Waals surface area contributed by atoms with Crippen LogP contribution in [0.1, 0.15) is 162 Å². The third-order valence-corrected chi connectivity index (χ3v) is 8.24. The molecule has 0 aromatic rings. The monoisotopic (exact) mass is 628 g/mol. The minimum absolute atomic E-state index is 0.0445. The van der Waals surface area contributed by atoms with E-state index in [9.17, 15) is 19.5 Å². The molecule has 260 valence electrons. The van der Waals surface area contributed by atoms with Crippen LogP contribution < -0.4 is 5.11 Å². The number of hydrogen-bond donors (Lipinski definition) is 0. The number of carboxylic acids is 1. The van der Waals surface area contributed by atoms with E-state index in [-0.39, 0.29) is 42.7 Å². The van der Waals surface area contributed by atoms with Gasteiger partial charge >= 0.3 is 11.9 Å². The van der Waals surface area contributed by atoms with E-state index in [0.717, 1.165) is 32.1 Å². The number of esters is 2. The summed E-state index contributed by atoms with van der Waals surface area (Å²) < 4.78 is 16.8. The smallest absolute Gasteiger partial charge is 0.306 e. The number of carbonyl (C=O) groups is 3. The Morgan fingerprint density at radius 2 is 1.02 bits per heavy atom. The first kappa shape index (κ1) is 42.3. The van der Waals surface area contributed by atoms with Gasteiger partial charge in [-0.1, -0.05) is 129 Å². The van der Waals surface area contributed by atoms with Crippen molar-refractivity contribution >= 4 is 17.9 Å². The van der Waals surface area contributed by atoms with Crippen molar-refractivity contribution in [2.75, 3.05) is 41.0 Å². The van der Waals surface area contributed by atoms with Gasteiger partial charge in [0.15, 0.2) is 6.10 Å². The number of nitrogens with zero attached hydrogens (tertiary/aromatic N) is 1. The number of aliphatic carboxylic acids is 1. The second-order valence-corrected chi connectivity index (χ2v) is 13.5. The summed E-state index contributed by atoms with van der Waals surface area (Å²) in [4.78, 5) is 35.9. The molecule has 0 aliphatic carbocycles. The van der Waals surface area contributed by atoms with E-state index in [1.165, 1.54) is 96.3 Å². The average Bonchev–Trinajstić information content (AvgIpc) is 2.96. The van der Waals surface area contributed by atoms with Crippen LogP contribution >= 0.6 is 0 Å². The Balaban J connectivity index is 4.06. The predicted octanol–water partition coefficient (Wildman–Crippen LogP) is 7.29. The lowest BCUT2D eigenvalue weighted by Gasteiger charge is -2.34. The van der Waals surface area contributed by atoms with Crippen molar-refractivity contribution in [3.05, 3.63) is 0 Å². The van der Waals surface area contributed by atoms with Crippen LogP contribution in [0.15, 0.2) is 0 Å². The molecule has 0 aliphatic rings. The standard InChI is InChI=1S/C36H69NO7/c1-6-8-10-11-12-13-14-15-16-17-18-19-20-21-22-23-24-25-27-35(39)44-32(31-43-34(38)26-9-7-2)30-42-29-28-33(36(40)41)37(3,4)5/h32-33H,6-31H2,1-5H3. The van der Waals surface area contributed by atoms with Crippen molar-refractivity contribution in [2.24, 2.45) is 0 Å². The number of quaternary nitrogens is 1. The molecule has 0 amide bonds. The highest BCUT2D eigenvalue weighted by atomic mass is 16.6. The summed E-state index contributed by atoms with van der Waals surface area (Å²) >= 11 is 0. The fourth-order valence-corrected chi connectivity index (χ4v) is 5.34. The molecule has 44 heavy (non-hydrogen) atoms. The third kappa shape index (κ3) is 26.7. The number of carbonyl (C=O) groups excluding carboxylic acids is 3. The zero-order chi connectivity index (χ0) is 32.9. The van der Waals surface area contributed by atoms with E-state index in [2.05, 4.69) is 6.92 Å². The zero-order valence-electron chi connectivity index (χ0n) is 29.3. The first-order chi connectivity index (χ1) is 21.1. The number of likely N-dealkylation sites (N-methyl/N-ethyl adjacent to an activating group) is 1. The molecular formula is C36H69NO7. The maximum absolute atomic E-state index is 12.5. The van der Waals surface area contributed by atoms with Gasteiger partial charge in [0.05, 0.1) is 40.3 Å². The SMILES string of the molecule is CCCCCCCCCCCCCCCCCCCCC(=O)OC(COCCC(C(=O)[O-])[N+](C)(C)C)COC(=O)CCCC. The molecule has 0 saturated carbocycles.